The van der Waals surface area contributed by atoms with Crippen molar-refractivity contribution >= 4 is 28.3 Å². The Morgan fingerprint density at radius 1 is 1.11 bits per heavy atom. The molecule has 0 aliphatic carbocycles. The van der Waals surface area contributed by atoms with Gasteiger partial charge in [0, 0.05) is 32.2 Å². The number of halogens is 1. The Hall–Kier alpha value is -1.93. The number of carbonyl (C=O) groups is 1. The van der Waals surface area contributed by atoms with Crippen molar-refractivity contribution in [2.45, 2.75) is 18.4 Å². The van der Waals surface area contributed by atoms with E-state index in [1.54, 1.807) is 24.9 Å². The summed E-state index contributed by atoms with van der Waals surface area (Å²) in [6, 6.07) is 13.9. The second-order valence-electron chi connectivity index (χ2n) is 6.12. The molecule has 1 amide bonds. The van der Waals surface area contributed by atoms with Crippen molar-refractivity contribution in [3.63, 3.8) is 0 Å². The number of hydrogen-bond acceptors (Lipinski definition) is 4. The molecule has 0 fully saturated rings. The molecule has 0 radical (unpaired) electrons. The zero-order valence-electron chi connectivity index (χ0n) is 15.7. The van der Waals surface area contributed by atoms with Gasteiger partial charge in [-0.05, 0) is 37.2 Å². The van der Waals surface area contributed by atoms with E-state index in [1.807, 2.05) is 37.4 Å². The molecule has 0 aliphatic heterocycles. The van der Waals surface area contributed by atoms with E-state index in [0.717, 1.165) is 11.1 Å². The van der Waals surface area contributed by atoms with Crippen LogP contribution in [0.4, 0.5) is 0 Å². The van der Waals surface area contributed by atoms with Gasteiger partial charge in [0.2, 0.25) is 10.0 Å². The molecule has 2 N–H and O–H groups in total. The minimum absolute atomic E-state index is 0. The van der Waals surface area contributed by atoms with Gasteiger partial charge >= 0.3 is 0 Å². The van der Waals surface area contributed by atoms with E-state index < -0.39 is 10.0 Å². The summed E-state index contributed by atoms with van der Waals surface area (Å²) in [5, 5.41) is 2.99. The lowest BCUT2D eigenvalue weighted by Gasteiger charge is -2.19. The number of nitrogens with zero attached hydrogens (tertiary/aromatic N) is 1. The van der Waals surface area contributed by atoms with Crippen LogP contribution < -0.4 is 10.0 Å². The number of amides is 1. The maximum Gasteiger partial charge on any atom is 0.253 e. The van der Waals surface area contributed by atoms with Crippen LogP contribution >= 0.6 is 12.4 Å². The largest absolute Gasteiger partial charge is 0.340 e. The fourth-order valence-electron chi connectivity index (χ4n) is 2.44. The number of benzene rings is 2. The number of sulfonamides is 1. The number of aryl methyl sites for hydroxylation is 1. The zero-order chi connectivity index (χ0) is 19.2. The fraction of sp³-hybridized carbons (Fsp3) is 0.316. The molecule has 0 atom stereocenters. The summed E-state index contributed by atoms with van der Waals surface area (Å²) in [4.78, 5) is 14.3. The maximum absolute atomic E-state index is 12.6. The van der Waals surface area contributed by atoms with Gasteiger partial charge in [-0.25, -0.2) is 13.1 Å². The minimum Gasteiger partial charge on any atom is -0.340 e. The molecule has 0 saturated carbocycles. The van der Waals surface area contributed by atoms with E-state index in [0.29, 0.717) is 18.7 Å². The number of carbonyl (C=O) groups excluding carboxylic acids is 1. The summed E-state index contributed by atoms with van der Waals surface area (Å²) >= 11 is 0. The predicted octanol–water partition coefficient (Wildman–Crippen LogP) is 2.19. The summed E-state index contributed by atoms with van der Waals surface area (Å²) in [5.41, 5.74) is 2.01. The molecule has 0 spiro atoms. The predicted molar refractivity (Wildman–Crippen MR) is 110 cm³/mol. The third-order valence-corrected chi connectivity index (χ3v) is 5.50. The average molecular weight is 412 g/mol. The third-order valence-electron chi connectivity index (χ3n) is 4.10. The first-order chi connectivity index (χ1) is 12.3. The molecule has 148 valence electrons. The Kier molecular flexibility index (Phi) is 8.92. The summed E-state index contributed by atoms with van der Waals surface area (Å²) in [6.45, 7) is 3.20. The Morgan fingerprint density at radius 3 is 2.41 bits per heavy atom. The zero-order valence-corrected chi connectivity index (χ0v) is 17.4. The van der Waals surface area contributed by atoms with E-state index in [4.69, 9.17) is 0 Å². The van der Waals surface area contributed by atoms with Crippen LogP contribution in [-0.2, 0) is 16.6 Å². The quantitative estimate of drug-likeness (QED) is 0.697. The van der Waals surface area contributed by atoms with E-state index in [2.05, 4.69) is 10.0 Å². The fourth-order valence-corrected chi connectivity index (χ4v) is 3.49. The first-order valence-corrected chi connectivity index (χ1v) is 9.88. The van der Waals surface area contributed by atoms with Crippen molar-refractivity contribution in [3.05, 3.63) is 65.2 Å². The van der Waals surface area contributed by atoms with Gasteiger partial charge in [-0.3, -0.25) is 4.79 Å². The lowest BCUT2D eigenvalue weighted by atomic mass is 10.1. The van der Waals surface area contributed by atoms with Gasteiger partial charge in [-0.2, -0.15) is 0 Å². The monoisotopic (exact) mass is 411 g/mol. The highest BCUT2D eigenvalue weighted by Gasteiger charge is 2.19. The molecule has 2 rings (SSSR count). The van der Waals surface area contributed by atoms with Crippen LogP contribution in [0.1, 0.15) is 21.5 Å². The molecular weight excluding hydrogens is 386 g/mol. The molecule has 0 bridgehead atoms. The number of nitrogens with one attached hydrogen (secondary N) is 2. The topological polar surface area (TPSA) is 78.5 Å². The molecule has 8 heteroatoms. The van der Waals surface area contributed by atoms with Crippen molar-refractivity contribution < 1.29 is 13.2 Å². The van der Waals surface area contributed by atoms with Gasteiger partial charge in [0.1, 0.15) is 0 Å². The highest BCUT2D eigenvalue weighted by atomic mass is 35.5. The van der Waals surface area contributed by atoms with Gasteiger partial charge in [0.05, 0.1) is 4.90 Å². The van der Waals surface area contributed by atoms with Crippen molar-refractivity contribution in [1.29, 1.82) is 0 Å². The lowest BCUT2D eigenvalue weighted by molar-refractivity contribution is 0.0796. The second-order valence-corrected chi connectivity index (χ2v) is 7.88. The Morgan fingerprint density at radius 2 is 1.78 bits per heavy atom. The second kappa shape index (κ2) is 10.4. The van der Waals surface area contributed by atoms with Crippen LogP contribution in [0.3, 0.4) is 0 Å². The number of rotatable bonds is 8. The molecule has 0 unspecified atom stereocenters. The lowest BCUT2D eigenvalue weighted by Crippen LogP contribution is -2.33. The highest BCUT2D eigenvalue weighted by molar-refractivity contribution is 7.89. The molecule has 0 saturated heterocycles. The Bertz CT molecular complexity index is 858. The smallest absolute Gasteiger partial charge is 0.253 e. The summed E-state index contributed by atoms with van der Waals surface area (Å²) < 4.78 is 27.8. The van der Waals surface area contributed by atoms with E-state index >= 15 is 0 Å². The van der Waals surface area contributed by atoms with Crippen molar-refractivity contribution in [2.75, 3.05) is 27.2 Å². The molecule has 27 heavy (non-hydrogen) atoms. The number of likely N-dealkylation sites (N-methyl/N-ethyl adjacent to an activating group) is 2. The van der Waals surface area contributed by atoms with Crippen LogP contribution in [0.15, 0.2) is 53.4 Å². The minimum atomic E-state index is -3.71. The van der Waals surface area contributed by atoms with Crippen LogP contribution in [0.25, 0.3) is 0 Å². The molecule has 2 aromatic carbocycles. The van der Waals surface area contributed by atoms with Gasteiger partial charge in [0.25, 0.3) is 5.91 Å². The van der Waals surface area contributed by atoms with Crippen LogP contribution in [0.2, 0.25) is 0 Å². The molecule has 0 heterocycles. The standard InChI is InChI=1S/C19H25N3O3S.ClH/c1-15-9-10-17(13-18(15)19(23)22(3)12-11-20-2)26(24,25)21-14-16-7-5-4-6-8-16;/h4-10,13,20-21H,11-12,14H2,1-3H3;1H. The Labute approximate surface area is 167 Å². The normalized spacial score (nSPS) is 10.9. The highest BCUT2D eigenvalue weighted by Crippen LogP contribution is 2.17. The molecule has 2 aromatic rings. The molecule has 6 nitrogen and oxygen atoms in total. The molecular formula is C19H26ClN3O3S. The van der Waals surface area contributed by atoms with Crippen LogP contribution in [0, 0.1) is 6.92 Å². The van der Waals surface area contributed by atoms with E-state index in [1.165, 1.54) is 12.1 Å². The molecule has 0 aliphatic rings. The van der Waals surface area contributed by atoms with E-state index in [9.17, 15) is 13.2 Å². The van der Waals surface area contributed by atoms with Gasteiger partial charge < -0.3 is 10.2 Å². The first kappa shape index (κ1) is 23.1. The number of hydrogen-bond donors (Lipinski definition) is 2. The molecule has 0 aromatic heterocycles. The summed E-state index contributed by atoms with van der Waals surface area (Å²) in [5.74, 6) is -0.196. The van der Waals surface area contributed by atoms with Crippen molar-refractivity contribution in [1.82, 2.24) is 14.9 Å². The third kappa shape index (κ3) is 6.32. The summed E-state index contributed by atoms with van der Waals surface area (Å²) in [6.07, 6.45) is 0. The SMILES string of the molecule is CNCCN(C)C(=O)c1cc(S(=O)(=O)NCc2ccccc2)ccc1C.Cl. The average Bonchev–Trinajstić information content (AvgIpc) is 2.65. The first-order valence-electron chi connectivity index (χ1n) is 8.39. The Balaban J connectivity index is 0.00000364. The van der Waals surface area contributed by atoms with Gasteiger partial charge in [-0.1, -0.05) is 36.4 Å². The van der Waals surface area contributed by atoms with Crippen molar-refractivity contribution in [3.8, 4) is 0 Å². The van der Waals surface area contributed by atoms with Crippen LogP contribution in [-0.4, -0.2) is 46.4 Å². The van der Waals surface area contributed by atoms with Gasteiger partial charge in [-0.15, -0.1) is 12.4 Å². The van der Waals surface area contributed by atoms with E-state index in [-0.39, 0.29) is 29.8 Å². The summed E-state index contributed by atoms with van der Waals surface area (Å²) in [7, 11) is -0.190. The maximum atomic E-state index is 12.6. The van der Waals surface area contributed by atoms with Crippen LogP contribution in [0.5, 0.6) is 0 Å². The van der Waals surface area contributed by atoms with Crippen molar-refractivity contribution in [2.24, 2.45) is 0 Å². The van der Waals surface area contributed by atoms with Gasteiger partial charge in [0.15, 0.2) is 0 Å².